The molecule has 0 saturated carbocycles. The van der Waals surface area contributed by atoms with Gasteiger partial charge in [0.15, 0.2) is 11.6 Å². The van der Waals surface area contributed by atoms with Gasteiger partial charge in [0, 0.05) is 22.6 Å². The Bertz CT molecular complexity index is 679. The van der Waals surface area contributed by atoms with Gasteiger partial charge < -0.3 is 10.1 Å². The van der Waals surface area contributed by atoms with Crippen molar-refractivity contribution in [1.29, 1.82) is 0 Å². The fourth-order valence-electron chi connectivity index (χ4n) is 1.76. The minimum atomic E-state index is -0.778. The Morgan fingerprint density at radius 2 is 2.05 bits per heavy atom. The summed E-state index contributed by atoms with van der Waals surface area (Å²) in [7, 11) is 1.79. The number of nitro groups is 1. The lowest BCUT2D eigenvalue weighted by molar-refractivity contribution is -0.385. The first-order valence-corrected chi connectivity index (χ1v) is 6.85. The number of hydrogen-bond donors (Lipinski definition) is 1. The van der Waals surface area contributed by atoms with Gasteiger partial charge in [-0.15, -0.1) is 0 Å². The average molecular weight is 355 g/mol. The Balaban J connectivity index is 2.33. The smallest absolute Gasteiger partial charge is 0.272 e. The van der Waals surface area contributed by atoms with E-state index >= 15 is 0 Å². The van der Waals surface area contributed by atoms with Gasteiger partial charge in [0.2, 0.25) is 0 Å². The Morgan fingerprint density at radius 3 is 2.67 bits per heavy atom. The average Bonchev–Trinajstić information content (AvgIpc) is 2.44. The number of hydrogen-bond acceptors (Lipinski definition) is 4. The van der Waals surface area contributed by atoms with Crippen molar-refractivity contribution in [3.05, 3.63) is 62.4 Å². The predicted molar refractivity (Wildman–Crippen MR) is 80.0 cm³/mol. The van der Waals surface area contributed by atoms with Crippen LogP contribution in [0.25, 0.3) is 0 Å². The summed E-state index contributed by atoms with van der Waals surface area (Å²) in [5, 5.41) is 13.6. The molecule has 0 amide bonds. The van der Waals surface area contributed by atoms with E-state index in [-0.39, 0.29) is 11.4 Å². The molecule has 0 unspecified atom stereocenters. The van der Waals surface area contributed by atoms with Crippen LogP contribution in [0.5, 0.6) is 11.5 Å². The normalized spacial score (nSPS) is 10.4. The molecular weight excluding hydrogens is 343 g/mol. The number of halogens is 2. The minimum absolute atomic E-state index is 0.0592. The Morgan fingerprint density at radius 1 is 1.29 bits per heavy atom. The van der Waals surface area contributed by atoms with Crippen molar-refractivity contribution in [2.45, 2.75) is 6.54 Å². The van der Waals surface area contributed by atoms with Gasteiger partial charge >= 0.3 is 0 Å². The van der Waals surface area contributed by atoms with Gasteiger partial charge in [0.1, 0.15) is 5.75 Å². The molecule has 7 heteroatoms. The molecule has 0 aliphatic carbocycles. The Hall–Kier alpha value is -1.99. The van der Waals surface area contributed by atoms with Crippen LogP contribution in [0, 0.1) is 15.9 Å². The third-order valence-electron chi connectivity index (χ3n) is 2.74. The zero-order valence-electron chi connectivity index (χ0n) is 11.1. The molecule has 2 aromatic rings. The molecule has 0 aliphatic rings. The zero-order chi connectivity index (χ0) is 15.4. The molecule has 2 aromatic carbocycles. The third kappa shape index (κ3) is 3.77. The lowest BCUT2D eigenvalue weighted by atomic mass is 10.2. The van der Waals surface area contributed by atoms with Crippen molar-refractivity contribution in [1.82, 2.24) is 5.32 Å². The summed E-state index contributed by atoms with van der Waals surface area (Å²) >= 11 is 3.33. The minimum Gasteiger partial charge on any atom is -0.454 e. The lowest BCUT2D eigenvalue weighted by Crippen LogP contribution is -2.06. The maximum absolute atomic E-state index is 13.9. The third-order valence-corrected chi connectivity index (χ3v) is 3.24. The number of ether oxygens (including phenoxy) is 1. The first-order valence-electron chi connectivity index (χ1n) is 6.06. The Kier molecular flexibility index (Phi) is 4.87. The van der Waals surface area contributed by atoms with E-state index in [1.54, 1.807) is 13.1 Å². The molecule has 110 valence electrons. The van der Waals surface area contributed by atoms with Gasteiger partial charge in [-0.1, -0.05) is 22.0 Å². The number of nitro benzene ring substituents is 1. The van der Waals surface area contributed by atoms with E-state index in [1.165, 1.54) is 12.1 Å². The molecule has 0 bridgehead atoms. The van der Waals surface area contributed by atoms with Crippen molar-refractivity contribution >= 4 is 21.6 Å². The van der Waals surface area contributed by atoms with Gasteiger partial charge in [-0.25, -0.2) is 4.39 Å². The second kappa shape index (κ2) is 6.64. The van der Waals surface area contributed by atoms with E-state index in [9.17, 15) is 14.5 Å². The zero-order valence-corrected chi connectivity index (χ0v) is 12.7. The summed E-state index contributed by atoms with van der Waals surface area (Å²) in [5.41, 5.74) is 0.531. The van der Waals surface area contributed by atoms with Gasteiger partial charge in [-0.05, 0) is 25.2 Å². The van der Waals surface area contributed by atoms with Gasteiger partial charge in [0.05, 0.1) is 11.0 Å². The van der Waals surface area contributed by atoms with Crippen LogP contribution in [0.3, 0.4) is 0 Å². The Labute approximate surface area is 129 Å². The first kappa shape index (κ1) is 15.4. The molecule has 0 spiro atoms. The first-order chi connectivity index (χ1) is 10.0. The molecular formula is C14H12BrFN2O3. The van der Waals surface area contributed by atoms with Crippen LogP contribution in [0.15, 0.2) is 40.9 Å². The summed E-state index contributed by atoms with van der Waals surface area (Å²) in [5.74, 6) is -0.359. The van der Waals surface area contributed by atoms with Crippen LogP contribution in [-0.4, -0.2) is 12.0 Å². The number of non-ortho nitro benzene ring substituents is 1. The quantitative estimate of drug-likeness (QED) is 0.650. The maximum atomic E-state index is 13.9. The number of nitrogens with zero attached hydrogens (tertiary/aromatic N) is 1. The van der Waals surface area contributed by atoms with Crippen molar-refractivity contribution in [2.24, 2.45) is 0 Å². The monoisotopic (exact) mass is 354 g/mol. The van der Waals surface area contributed by atoms with E-state index in [0.29, 0.717) is 12.3 Å². The van der Waals surface area contributed by atoms with Gasteiger partial charge in [-0.2, -0.15) is 0 Å². The second-order valence-electron chi connectivity index (χ2n) is 4.26. The summed E-state index contributed by atoms with van der Waals surface area (Å²) in [6.45, 7) is 0.553. The SMILES string of the molecule is CNCc1ccc(Br)cc1Oc1ccc([N+](=O)[O-])cc1F. The fourth-order valence-corrected chi connectivity index (χ4v) is 2.10. The molecule has 2 rings (SSSR count). The van der Waals surface area contributed by atoms with E-state index < -0.39 is 10.7 Å². The van der Waals surface area contributed by atoms with Crippen LogP contribution >= 0.6 is 15.9 Å². The number of benzene rings is 2. The van der Waals surface area contributed by atoms with Crippen LogP contribution in [0.1, 0.15) is 5.56 Å². The summed E-state index contributed by atoms with van der Waals surface area (Å²) in [4.78, 5) is 9.94. The van der Waals surface area contributed by atoms with Crippen molar-refractivity contribution in [3.8, 4) is 11.5 Å². The molecule has 0 aromatic heterocycles. The van der Waals surface area contributed by atoms with Crippen LogP contribution in [0.2, 0.25) is 0 Å². The van der Waals surface area contributed by atoms with E-state index in [0.717, 1.165) is 16.1 Å². The molecule has 1 N–H and O–H groups in total. The molecule has 5 nitrogen and oxygen atoms in total. The van der Waals surface area contributed by atoms with Crippen molar-refractivity contribution in [3.63, 3.8) is 0 Å². The highest BCUT2D eigenvalue weighted by Crippen LogP contribution is 2.31. The van der Waals surface area contributed by atoms with Crippen LogP contribution in [0.4, 0.5) is 10.1 Å². The standard InChI is InChI=1S/C14H12BrFN2O3/c1-17-8-9-2-3-10(15)6-14(9)21-13-5-4-11(18(19)20)7-12(13)16/h2-7,17H,8H2,1H3. The highest BCUT2D eigenvalue weighted by Gasteiger charge is 2.14. The van der Waals surface area contributed by atoms with Crippen molar-refractivity contribution in [2.75, 3.05) is 7.05 Å². The molecule has 21 heavy (non-hydrogen) atoms. The summed E-state index contributed by atoms with van der Waals surface area (Å²) < 4.78 is 20.2. The lowest BCUT2D eigenvalue weighted by Gasteiger charge is -2.12. The summed E-state index contributed by atoms with van der Waals surface area (Å²) in [6.07, 6.45) is 0. The largest absolute Gasteiger partial charge is 0.454 e. The van der Waals surface area contributed by atoms with E-state index in [4.69, 9.17) is 4.74 Å². The number of rotatable bonds is 5. The van der Waals surface area contributed by atoms with Gasteiger partial charge in [-0.3, -0.25) is 10.1 Å². The molecule has 0 radical (unpaired) electrons. The summed E-state index contributed by atoms with van der Waals surface area (Å²) in [6, 6.07) is 8.70. The molecule has 0 heterocycles. The molecule has 0 aliphatic heterocycles. The molecule has 0 atom stereocenters. The predicted octanol–water partition coefficient (Wildman–Crippen LogP) is 4.01. The molecule has 0 fully saturated rings. The van der Waals surface area contributed by atoms with Gasteiger partial charge in [0.25, 0.3) is 5.69 Å². The topological polar surface area (TPSA) is 64.4 Å². The maximum Gasteiger partial charge on any atom is 0.272 e. The van der Waals surface area contributed by atoms with Crippen LogP contribution < -0.4 is 10.1 Å². The van der Waals surface area contributed by atoms with E-state index in [2.05, 4.69) is 21.2 Å². The van der Waals surface area contributed by atoms with Crippen LogP contribution in [-0.2, 0) is 6.54 Å². The fraction of sp³-hybridized carbons (Fsp3) is 0.143. The second-order valence-corrected chi connectivity index (χ2v) is 5.17. The number of nitrogens with one attached hydrogen (secondary N) is 1. The highest BCUT2D eigenvalue weighted by atomic mass is 79.9. The van der Waals surface area contributed by atoms with E-state index in [1.807, 2.05) is 12.1 Å². The molecule has 0 saturated heterocycles. The highest BCUT2D eigenvalue weighted by molar-refractivity contribution is 9.10. The van der Waals surface area contributed by atoms with Crippen molar-refractivity contribution < 1.29 is 14.1 Å².